The van der Waals surface area contributed by atoms with Gasteiger partial charge in [-0.25, -0.2) is 8.78 Å². The van der Waals surface area contributed by atoms with Crippen LogP contribution in [0.5, 0.6) is 0 Å². The summed E-state index contributed by atoms with van der Waals surface area (Å²) in [6.07, 6.45) is -0.597. The van der Waals surface area contributed by atoms with Crippen LogP contribution in [0, 0.1) is 0 Å². The summed E-state index contributed by atoms with van der Waals surface area (Å²) in [5.41, 5.74) is 7.87. The quantitative estimate of drug-likeness (QED) is 0.711. The fourth-order valence-corrected chi connectivity index (χ4v) is 1.79. The van der Waals surface area contributed by atoms with Crippen molar-refractivity contribution < 1.29 is 8.78 Å². The molecule has 0 aromatic heterocycles. The van der Waals surface area contributed by atoms with Crippen LogP contribution < -0.4 is 5.73 Å². The molecule has 1 aromatic carbocycles. The summed E-state index contributed by atoms with van der Waals surface area (Å²) in [5, 5.41) is 0. The molecule has 0 fully saturated rings. The average molecular weight is 183 g/mol. The standard InChI is InChI=1S/C10H11F2N/c11-10(12)7-2-1-6-3-4-9(13)8(6)5-7/h1-2,5,9-10H,3-4,13H2/t9-/m0/s1. The van der Waals surface area contributed by atoms with Crippen molar-refractivity contribution in [3.8, 4) is 0 Å². The van der Waals surface area contributed by atoms with Crippen LogP contribution in [0.4, 0.5) is 8.78 Å². The molecule has 2 N–H and O–H groups in total. The van der Waals surface area contributed by atoms with Gasteiger partial charge < -0.3 is 5.73 Å². The van der Waals surface area contributed by atoms with Gasteiger partial charge in [0.25, 0.3) is 6.43 Å². The van der Waals surface area contributed by atoms with Crippen LogP contribution in [-0.4, -0.2) is 0 Å². The molecule has 0 bridgehead atoms. The lowest BCUT2D eigenvalue weighted by molar-refractivity contribution is 0.151. The SMILES string of the molecule is N[C@H]1CCc2ccc(C(F)F)cc21. The van der Waals surface area contributed by atoms with Gasteiger partial charge >= 0.3 is 0 Å². The first-order valence-electron chi connectivity index (χ1n) is 4.35. The molecule has 1 aliphatic carbocycles. The topological polar surface area (TPSA) is 26.0 Å². The maximum atomic E-state index is 12.3. The lowest BCUT2D eigenvalue weighted by Gasteiger charge is -2.06. The number of halogens is 2. The van der Waals surface area contributed by atoms with E-state index in [0.717, 1.165) is 24.0 Å². The second-order valence-electron chi connectivity index (χ2n) is 3.40. The fraction of sp³-hybridized carbons (Fsp3) is 0.400. The van der Waals surface area contributed by atoms with Crippen LogP contribution in [0.3, 0.4) is 0 Å². The minimum Gasteiger partial charge on any atom is -0.324 e. The first-order valence-corrected chi connectivity index (χ1v) is 4.35. The summed E-state index contributed by atoms with van der Waals surface area (Å²) in [4.78, 5) is 0. The molecule has 0 saturated carbocycles. The maximum absolute atomic E-state index is 12.3. The Hall–Kier alpha value is -0.960. The first kappa shape index (κ1) is 8.63. The van der Waals surface area contributed by atoms with Crippen LogP contribution in [0.15, 0.2) is 18.2 Å². The molecule has 1 aliphatic rings. The van der Waals surface area contributed by atoms with E-state index in [1.807, 2.05) is 0 Å². The van der Waals surface area contributed by atoms with Gasteiger partial charge in [-0.05, 0) is 30.0 Å². The molecule has 1 nitrogen and oxygen atoms in total. The second-order valence-corrected chi connectivity index (χ2v) is 3.40. The molecule has 1 atom stereocenters. The number of benzene rings is 1. The third-order valence-corrected chi connectivity index (χ3v) is 2.55. The van der Waals surface area contributed by atoms with Crippen molar-refractivity contribution in [2.45, 2.75) is 25.3 Å². The van der Waals surface area contributed by atoms with E-state index in [4.69, 9.17) is 5.73 Å². The Balaban J connectivity index is 2.42. The van der Waals surface area contributed by atoms with Gasteiger partial charge in [-0.15, -0.1) is 0 Å². The lowest BCUT2D eigenvalue weighted by Crippen LogP contribution is -2.05. The first-order chi connectivity index (χ1) is 6.18. The van der Waals surface area contributed by atoms with Crippen LogP contribution in [0.25, 0.3) is 0 Å². The smallest absolute Gasteiger partial charge is 0.263 e. The highest BCUT2D eigenvalue weighted by molar-refractivity contribution is 5.38. The fourth-order valence-electron chi connectivity index (χ4n) is 1.79. The van der Waals surface area contributed by atoms with Crippen LogP contribution >= 0.6 is 0 Å². The molecule has 0 saturated heterocycles. The summed E-state index contributed by atoms with van der Waals surface area (Å²) >= 11 is 0. The van der Waals surface area contributed by atoms with E-state index in [2.05, 4.69) is 0 Å². The summed E-state index contributed by atoms with van der Waals surface area (Å²) in [6.45, 7) is 0. The van der Waals surface area contributed by atoms with Gasteiger partial charge in [-0.3, -0.25) is 0 Å². The Labute approximate surface area is 75.6 Å². The number of aryl methyl sites for hydroxylation is 1. The van der Waals surface area contributed by atoms with E-state index in [1.54, 1.807) is 6.07 Å². The predicted molar refractivity (Wildman–Crippen MR) is 46.6 cm³/mol. The molecule has 13 heavy (non-hydrogen) atoms. The van der Waals surface area contributed by atoms with Crippen LogP contribution in [0.2, 0.25) is 0 Å². The molecule has 2 rings (SSSR count). The predicted octanol–water partition coefficient (Wildman–Crippen LogP) is 2.57. The monoisotopic (exact) mass is 183 g/mol. The van der Waals surface area contributed by atoms with Gasteiger partial charge in [-0.1, -0.05) is 12.1 Å². The summed E-state index contributed by atoms with van der Waals surface area (Å²) in [5.74, 6) is 0. The Morgan fingerprint density at radius 3 is 2.85 bits per heavy atom. The number of rotatable bonds is 1. The molecule has 0 radical (unpaired) electrons. The van der Waals surface area contributed by atoms with Crippen molar-refractivity contribution in [2.75, 3.05) is 0 Å². The Morgan fingerprint density at radius 1 is 1.38 bits per heavy atom. The van der Waals surface area contributed by atoms with Crippen molar-refractivity contribution in [1.82, 2.24) is 0 Å². The van der Waals surface area contributed by atoms with E-state index in [-0.39, 0.29) is 11.6 Å². The largest absolute Gasteiger partial charge is 0.324 e. The van der Waals surface area contributed by atoms with E-state index < -0.39 is 6.43 Å². The van der Waals surface area contributed by atoms with Gasteiger partial charge in [0.2, 0.25) is 0 Å². The number of nitrogens with two attached hydrogens (primary N) is 1. The third-order valence-electron chi connectivity index (χ3n) is 2.55. The van der Waals surface area contributed by atoms with Gasteiger partial charge in [0.1, 0.15) is 0 Å². The van der Waals surface area contributed by atoms with E-state index >= 15 is 0 Å². The van der Waals surface area contributed by atoms with E-state index in [1.165, 1.54) is 12.1 Å². The number of hydrogen-bond acceptors (Lipinski definition) is 1. The van der Waals surface area contributed by atoms with Gasteiger partial charge in [-0.2, -0.15) is 0 Å². The minimum absolute atomic E-state index is 0.0475. The highest BCUT2D eigenvalue weighted by atomic mass is 19.3. The zero-order valence-electron chi connectivity index (χ0n) is 7.13. The van der Waals surface area contributed by atoms with Crippen LogP contribution in [-0.2, 0) is 6.42 Å². The third kappa shape index (κ3) is 1.44. The highest BCUT2D eigenvalue weighted by Gasteiger charge is 2.20. The van der Waals surface area contributed by atoms with Gasteiger partial charge in [0.05, 0.1) is 0 Å². The maximum Gasteiger partial charge on any atom is 0.263 e. The van der Waals surface area contributed by atoms with Crippen LogP contribution in [0.1, 0.15) is 35.6 Å². The van der Waals surface area contributed by atoms with Crippen molar-refractivity contribution in [2.24, 2.45) is 5.73 Å². The zero-order valence-corrected chi connectivity index (χ0v) is 7.13. The normalized spacial score (nSPS) is 20.8. The summed E-state index contributed by atoms with van der Waals surface area (Å²) < 4.78 is 24.6. The molecular formula is C10H11F2N. The molecule has 0 spiro atoms. The molecular weight excluding hydrogens is 172 g/mol. The molecule has 70 valence electrons. The van der Waals surface area contributed by atoms with Gasteiger partial charge in [0, 0.05) is 11.6 Å². The molecule has 0 amide bonds. The number of hydrogen-bond donors (Lipinski definition) is 1. The van der Waals surface area contributed by atoms with Gasteiger partial charge in [0.15, 0.2) is 0 Å². The lowest BCUT2D eigenvalue weighted by atomic mass is 10.1. The van der Waals surface area contributed by atoms with E-state index in [0.29, 0.717) is 0 Å². The zero-order chi connectivity index (χ0) is 9.42. The molecule has 0 aliphatic heterocycles. The summed E-state index contributed by atoms with van der Waals surface area (Å²) in [6, 6.07) is 4.75. The molecule has 0 unspecified atom stereocenters. The average Bonchev–Trinajstić information content (AvgIpc) is 2.47. The number of alkyl halides is 2. The minimum atomic E-state index is -2.39. The van der Waals surface area contributed by atoms with Crippen molar-refractivity contribution in [3.63, 3.8) is 0 Å². The Morgan fingerprint density at radius 2 is 2.15 bits per heavy atom. The molecule has 3 heteroatoms. The van der Waals surface area contributed by atoms with Crippen molar-refractivity contribution >= 4 is 0 Å². The summed E-state index contributed by atoms with van der Waals surface area (Å²) in [7, 11) is 0. The Bertz CT molecular complexity index is 323. The molecule has 1 aromatic rings. The number of fused-ring (bicyclic) bond motifs is 1. The Kier molecular flexibility index (Phi) is 2.04. The van der Waals surface area contributed by atoms with E-state index in [9.17, 15) is 8.78 Å². The highest BCUT2D eigenvalue weighted by Crippen LogP contribution is 2.32. The van der Waals surface area contributed by atoms with Crippen molar-refractivity contribution in [3.05, 3.63) is 34.9 Å². The van der Waals surface area contributed by atoms with Crippen molar-refractivity contribution in [1.29, 1.82) is 0 Å². The molecule has 0 heterocycles. The second kappa shape index (κ2) is 3.07.